The number of ether oxygens (including phenoxy) is 1. The zero-order chi connectivity index (χ0) is 15.7. The Morgan fingerprint density at radius 2 is 2.19 bits per heavy atom. The Morgan fingerprint density at radius 3 is 2.81 bits per heavy atom. The lowest BCUT2D eigenvalue weighted by atomic mass is 9.95. The number of methoxy groups -OCH3 is 1. The molecule has 0 fully saturated rings. The van der Waals surface area contributed by atoms with E-state index in [0.717, 1.165) is 24.2 Å². The number of benzene rings is 1. The largest absolute Gasteiger partial charge is 0.497 e. The average molecular weight is 294 g/mol. The number of nitrogens with one attached hydrogen (secondary N) is 2. The van der Waals surface area contributed by atoms with E-state index in [1.54, 1.807) is 7.11 Å². The molecular formula is C16H26N2O3. The number of carbonyl (C=O) groups is 1. The number of hydrogen-bond donors (Lipinski definition) is 3. The van der Waals surface area contributed by atoms with Crippen molar-refractivity contribution in [3.63, 3.8) is 0 Å². The first-order chi connectivity index (χ1) is 10.0. The average Bonchev–Trinajstić information content (AvgIpc) is 2.47. The molecule has 0 heterocycles. The van der Waals surface area contributed by atoms with Gasteiger partial charge in [0.2, 0.25) is 0 Å². The highest BCUT2D eigenvalue weighted by atomic mass is 16.5. The molecule has 5 nitrogen and oxygen atoms in total. The zero-order valence-corrected chi connectivity index (χ0v) is 13.1. The van der Waals surface area contributed by atoms with E-state index < -0.39 is 0 Å². The van der Waals surface area contributed by atoms with Gasteiger partial charge in [-0.05, 0) is 43.9 Å². The topological polar surface area (TPSA) is 70.6 Å². The van der Waals surface area contributed by atoms with Gasteiger partial charge in [0.1, 0.15) is 5.75 Å². The summed E-state index contributed by atoms with van der Waals surface area (Å²) in [6.07, 6.45) is 2.07. The predicted octanol–water partition coefficient (Wildman–Crippen LogP) is 2.09. The molecule has 1 aromatic carbocycles. The minimum atomic E-state index is -0.366. The van der Waals surface area contributed by atoms with E-state index in [-0.39, 0.29) is 18.2 Å². The van der Waals surface area contributed by atoms with Gasteiger partial charge in [0, 0.05) is 18.7 Å². The van der Waals surface area contributed by atoms with Gasteiger partial charge in [-0.25, -0.2) is 4.79 Å². The summed E-state index contributed by atoms with van der Waals surface area (Å²) in [4.78, 5) is 11.9. The fraction of sp³-hybridized carbons (Fsp3) is 0.562. The molecule has 1 atom stereocenters. The molecule has 3 N–H and O–H groups in total. The fourth-order valence-electron chi connectivity index (χ4n) is 2.04. The predicted molar refractivity (Wildman–Crippen MR) is 83.6 cm³/mol. The standard InChI is InChI=1S/C16H26N2O3/c1-4-16(2,9-11-19)18-15(20)17-10-8-13-6-5-7-14(12-13)21-3/h5-7,12,19H,4,8-11H2,1-3H3,(H2,17,18,20). The van der Waals surface area contributed by atoms with E-state index in [0.29, 0.717) is 13.0 Å². The summed E-state index contributed by atoms with van der Waals surface area (Å²) in [5.74, 6) is 0.818. The van der Waals surface area contributed by atoms with Gasteiger partial charge in [-0.1, -0.05) is 19.1 Å². The minimum Gasteiger partial charge on any atom is -0.497 e. The second kappa shape index (κ2) is 8.52. The summed E-state index contributed by atoms with van der Waals surface area (Å²) in [5, 5.41) is 14.8. The summed E-state index contributed by atoms with van der Waals surface area (Å²) in [6, 6.07) is 7.59. The van der Waals surface area contributed by atoms with Crippen molar-refractivity contribution in [1.29, 1.82) is 0 Å². The molecule has 0 saturated carbocycles. The van der Waals surface area contributed by atoms with Crippen LogP contribution in [0.4, 0.5) is 4.79 Å². The molecule has 0 aliphatic carbocycles. The van der Waals surface area contributed by atoms with Gasteiger partial charge >= 0.3 is 6.03 Å². The molecule has 0 saturated heterocycles. The second-order valence-electron chi connectivity index (χ2n) is 5.37. The van der Waals surface area contributed by atoms with Gasteiger partial charge in [-0.2, -0.15) is 0 Å². The maximum Gasteiger partial charge on any atom is 0.315 e. The lowest BCUT2D eigenvalue weighted by Gasteiger charge is -2.29. The smallest absolute Gasteiger partial charge is 0.315 e. The molecule has 21 heavy (non-hydrogen) atoms. The highest BCUT2D eigenvalue weighted by Crippen LogP contribution is 2.14. The molecule has 5 heteroatoms. The van der Waals surface area contributed by atoms with Gasteiger partial charge in [0.05, 0.1) is 7.11 Å². The van der Waals surface area contributed by atoms with Crippen LogP contribution < -0.4 is 15.4 Å². The van der Waals surface area contributed by atoms with Crippen LogP contribution in [0.3, 0.4) is 0 Å². The van der Waals surface area contributed by atoms with Crippen molar-refractivity contribution in [2.24, 2.45) is 0 Å². The molecule has 0 bridgehead atoms. The van der Waals surface area contributed by atoms with E-state index in [1.165, 1.54) is 0 Å². The van der Waals surface area contributed by atoms with Crippen molar-refractivity contribution in [2.75, 3.05) is 20.3 Å². The summed E-state index contributed by atoms with van der Waals surface area (Å²) < 4.78 is 5.17. The second-order valence-corrected chi connectivity index (χ2v) is 5.37. The molecule has 0 aromatic heterocycles. The molecule has 0 radical (unpaired) electrons. The Hall–Kier alpha value is -1.75. The maximum absolute atomic E-state index is 11.9. The van der Waals surface area contributed by atoms with Crippen LogP contribution in [0, 0.1) is 0 Å². The summed E-state index contributed by atoms with van der Waals surface area (Å²) in [7, 11) is 1.64. The first kappa shape index (κ1) is 17.3. The fourth-order valence-corrected chi connectivity index (χ4v) is 2.04. The summed E-state index contributed by atoms with van der Waals surface area (Å²) >= 11 is 0. The van der Waals surface area contributed by atoms with Crippen molar-refractivity contribution in [3.05, 3.63) is 29.8 Å². The molecule has 0 aliphatic heterocycles. The molecular weight excluding hydrogens is 268 g/mol. The van der Waals surface area contributed by atoms with Gasteiger partial charge in [0.25, 0.3) is 0 Å². The van der Waals surface area contributed by atoms with E-state index in [4.69, 9.17) is 9.84 Å². The van der Waals surface area contributed by atoms with Gasteiger partial charge < -0.3 is 20.5 Å². The Kier molecular flexibility index (Phi) is 7.02. The van der Waals surface area contributed by atoms with Crippen molar-refractivity contribution in [3.8, 4) is 5.75 Å². The van der Waals surface area contributed by atoms with Crippen LogP contribution in [0.25, 0.3) is 0 Å². The number of carbonyl (C=O) groups excluding carboxylic acids is 1. The number of aliphatic hydroxyl groups excluding tert-OH is 1. The summed E-state index contributed by atoms with van der Waals surface area (Å²) in [6.45, 7) is 4.55. The molecule has 2 amide bonds. The maximum atomic E-state index is 11.9. The molecule has 118 valence electrons. The normalized spacial score (nSPS) is 13.3. The van der Waals surface area contributed by atoms with E-state index in [1.807, 2.05) is 38.1 Å². The zero-order valence-electron chi connectivity index (χ0n) is 13.1. The highest BCUT2D eigenvalue weighted by Gasteiger charge is 2.23. The Balaban J connectivity index is 2.39. The van der Waals surface area contributed by atoms with Crippen molar-refractivity contribution in [1.82, 2.24) is 10.6 Å². The SMILES string of the molecule is CCC(C)(CCO)NC(=O)NCCc1cccc(OC)c1. The van der Waals surface area contributed by atoms with Gasteiger partial charge in [-0.15, -0.1) is 0 Å². The lowest BCUT2D eigenvalue weighted by Crippen LogP contribution is -2.50. The first-order valence-electron chi connectivity index (χ1n) is 7.33. The Labute approximate surface area is 126 Å². The van der Waals surface area contributed by atoms with Crippen LogP contribution in [-0.2, 0) is 6.42 Å². The number of hydrogen-bond acceptors (Lipinski definition) is 3. The number of amides is 2. The highest BCUT2D eigenvalue weighted by molar-refractivity contribution is 5.74. The van der Waals surface area contributed by atoms with Crippen molar-refractivity contribution >= 4 is 6.03 Å². The Bertz CT molecular complexity index is 451. The number of urea groups is 1. The third-order valence-electron chi connectivity index (χ3n) is 3.69. The van der Waals surface area contributed by atoms with Crippen LogP contribution in [0.15, 0.2) is 24.3 Å². The van der Waals surface area contributed by atoms with E-state index in [9.17, 15) is 4.79 Å². The molecule has 1 rings (SSSR count). The molecule has 1 unspecified atom stereocenters. The van der Waals surface area contributed by atoms with E-state index in [2.05, 4.69) is 10.6 Å². The first-order valence-corrected chi connectivity index (χ1v) is 7.33. The number of rotatable bonds is 8. The Morgan fingerprint density at radius 1 is 1.43 bits per heavy atom. The molecule has 1 aromatic rings. The molecule has 0 aliphatic rings. The lowest BCUT2D eigenvalue weighted by molar-refractivity contribution is 0.201. The van der Waals surface area contributed by atoms with Crippen molar-refractivity contribution in [2.45, 2.75) is 38.6 Å². The van der Waals surface area contributed by atoms with Crippen molar-refractivity contribution < 1.29 is 14.6 Å². The van der Waals surface area contributed by atoms with Gasteiger partial charge in [-0.3, -0.25) is 0 Å². The third kappa shape index (κ3) is 6.04. The van der Waals surface area contributed by atoms with Crippen LogP contribution in [0.5, 0.6) is 5.75 Å². The minimum absolute atomic E-state index is 0.0639. The monoisotopic (exact) mass is 294 g/mol. The third-order valence-corrected chi connectivity index (χ3v) is 3.69. The van der Waals surface area contributed by atoms with E-state index >= 15 is 0 Å². The summed E-state index contributed by atoms with van der Waals surface area (Å²) in [5.41, 5.74) is 0.748. The number of aliphatic hydroxyl groups is 1. The van der Waals surface area contributed by atoms with Crippen LogP contribution >= 0.6 is 0 Å². The quantitative estimate of drug-likeness (QED) is 0.687. The van der Waals surface area contributed by atoms with Crippen LogP contribution in [-0.4, -0.2) is 36.9 Å². The van der Waals surface area contributed by atoms with Crippen LogP contribution in [0.1, 0.15) is 32.3 Å². The molecule has 0 spiro atoms. The van der Waals surface area contributed by atoms with Gasteiger partial charge in [0.15, 0.2) is 0 Å². The van der Waals surface area contributed by atoms with Crippen LogP contribution in [0.2, 0.25) is 0 Å².